The molecule has 0 radical (unpaired) electrons. The molecule has 0 bridgehead atoms. The fourth-order valence-electron chi connectivity index (χ4n) is 7.06. The molecule has 11 heteroatoms. The van der Waals surface area contributed by atoms with Crippen molar-refractivity contribution in [3.05, 3.63) is 89.5 Å². The van der Waals surface area contributed by atoms with E-state index in [1.54, 1.807) is 67.3 Å². The van der Waals surface area contributed by atoms with Gasteiger partial charge >= 0.3 is 5.97 Å². The molecule has 2 saturated heterocycles. The Balaban J connectivity index is 1.45. The number of carbonyl (C=O) groups is 4. The van der Waals surface area contributed by atoms with E-state index >= 15 is 0 Å². The Bertz CT molecular complexity index is 1530. The largest absolute Gasteiger partial charge is 0.455 e. The Hall–Kier alpha value is -3.99. The molecule has 4 aliphatic heterocycles. The number of esters is 1. The second-order valence-electron chi connectivity index (χ2n) is 12.0. The first-order valence-corrected chi connectivity index (χ1v) is 15.6. The molecule has 6 rings (SSSR count). The summed E-state index contributed by atoms with van der Waals surface area (Å²) in [6, 6.07) is 13.5. The third-order valence-corrected chi connectivity index (χ3v) is 9.41. The number of hydrogen-bond acceptors (Lipinski definition) is 7. The number of likely N-dealkylation sites (tertiary alicyclic amines) is 1. The van der Waals surface area contributed by atoms with Crippen LogP contribution in [0.2, 0.25) is 5.02 Å². The highest BCUT2D eigenvalue weighted by atomic mass is 35.5. The lowest BCUT2D eigenvalue weighted by atomic mass is 9.77. The molecule has 8 atom stereocenters. The number of hydrogen-bond donors (Lipinski definition) is 2. The normalized spacial score (nSPS) is 33.2. The standard InChI is InChI=1S/C34H36ClN3O7/c1-20(19-39)38-30-32(42)37(24-15-13-23(35)14-16-24)18-8-17-34(30)28(31(38)41)27-25(45-34)11-6-7-12-26(40)36-21(2)29(44-33(27)43)22-9-4-3-5-10-22/h3-6,8-11,13-17,20-21,25,27-30,39H,7,12,18-19H2,1-2H3,(H,36,40)/b11-6-/t20-,21-,25-,27+,28+,29+,30-,34+/m1/s1. The van der Waals surface area contributed by atoms with Crippen LogP contribution in [0, 0.1) is 11.8 Å². The fraction of sp³-hybridized carbons (Fsp3) is 0.412. The van der Waals surface area contributed by atoms with E-state index in [0.717, 1.165) is 0 Å². The summed E-state index contributed by atoms with van der Waals surface area (Å²) in [5.41, 5.74) is -0.246. The summed E-state index contributed by atoms with van der Waals surface area (Å²) in [7, 11) is 0. The molecule has 2 aromatic carbocycles. The lowest BCUT2D eigenvalue weighted by molar-refractivity contribution is -0.161. The number of amides is 3. The number of anilines is 1. The summed E-state index contributed by atoms with van der Waals surface area (Å²) in [5, 5.41) is 13.7. The number of aliphatic hydroxyl groups excluding tert-OH is 1. The van der Waals surface area contributed by atoms with Crippen molar-refractivity contribution in [2.24, 2.45) is 11.8 Å². The van der Waals surface area contributed by atoms with Gasteiger partial charge in [-0.15, -0.1) is 0 Å². The molecule has 2 N–H and O–H groups in total. The number of benzene rings is 2. The first kappa shape index (κ1) is 31.0. The molecule has 0 aliphatic carbocycles. The number of nitrogens with one attached hydrogen (secondary N) is 1. The van der Waals surface area contributed by atoms with Gasteiger partial charge in [0.2, 0.25) is 11.8 Å². The summed E-state index contributed by atoms with van der Waals surface area (Å²) in [5.74, 6) is -3.94. The van der Waals surface area contributed by atoms with Crippen molar-refractivity contribution in [3.63, 3.8) is 0 Å². The zero-order chi connectivity index (χ0) is 31.9. The number of ether oxygens (including phenoxy) is 2. The lowest BCUT2D eigenvalue weighted by Gasteiger charge is -2.37. The first-order chi connectivity index (χ1) is 21.7. The van der Waals surface area contributed by atoms with Crippen LogP contribution in [-0.2, 0) is 28.7 Å². The Morgan fingerprint density at radius 2 is 1.78 bits per heavy atom. The van der Waals surface area contributed by atoms with Crippen LogP contribution in [0.25, 0.3) is 0 Å². The summed E-state index contributed by atoms with van der Waals surface area (Å²) in [6.07, 6.45) is 5.81. The highest BCUT2D eigenvalue weighted by Gasteiger charge is 2.72. The third-order valence-electron chi connectivity index (χ3n) is 9.16. The molecule has 45 heavy (non-hydrogen) atoms. The fourth-order valence-corrected chi connectivity index (χ4v) is 7.19. The topological polar surface area (TPSA) is 125 Å². The minimum Gasteiger partial charge on any atom is -0.455 e. The molecule has 236 valence electrons. The molecular formula is C34H36ClN3O7. The Morgan fingerprint density at radius 3 is 2.49 bits per heavy atom. The van der Waals surface area contributed by atoms with Crippen molar-refractivity contribution in [3.8, 4) is 0 Å². The van der Waals surface area contributed by atoms with E-state index in [-0.39, 0.29) is 18.9 Å². The van der Waals surface area contributed by atoms with Gasteiger partial charge in [0.05, 0.1) is 30.7 Å². The molecule has 0 saturated carbocycles. The molecule has 2 aromatic rings. The van der Waals surface area contributed by atoms with E-state index in [2.05, 4.69) is 5.32 Å². The zero-order valence-electron chi connectivity index (χ0n) is 25.0. The lowest BCUT2D eigenvalue weighted by Crippen LogP contribution is -2.57. The average Bonchev–Trinajstić information content (AvgIpc) is 3.43. The number of halogens is 1. The van der Waals surface area contributed by atoms with Crippen LogP contribution in [0.3, 0.4) is 0 Å². The van der Waals surface area contributed by atoms with E-state index in [0.29, 0.717) is 22.7 Å². The van der Waals surface area contributed by atoms with E-state index in [1.165, 1.54) is 4.90 Å². The summed E-state index contributed by atoms with van der Waals surface area (Å²) in [6.45, 7) is 3.23. The van der Waals surface area contributed by atoms with Gasteiger partial charge in [0, 0.05) is 23.7 Å². The Kier molecular flexibility index (Phi) is 8.56. The highest BCUT2D eigenvalue weighted by molar-refractivity contribution is 6.30. The van der Waals surface area contributed by atoms with Crippen LogP contribution in [0.15, 0.2) is 78.9 Å². The maximum Gasteiger partial charge on any atom is 0.313 e. The Morgan fingerprint density at radius 1 is 1.04 bits per heavy atom. The van der Waals surface area contributed by atoms with Gasteiger partial charge in [-0.1, -0.05) is 66.2 Å². The van der Waals surface area contributed by atoms with E-state index in [1.807, 2.05) is 30.3 Å². The van der Waals surface area contributed by atoms with Gasteiger partial charge in [0.25, 0.3) is 5.91 Å². The molecule has 1 spiro atoms. The van der Waals surface area contributed by atoms with Gasteiger partial charge in [0.15, 0.2) is 0 Å². The predicted molar refractivity (Wildman–Crippen MR) is 166 cm³/mol. The highest BCUT2D eigenvalue weighted by Crippen LogP contribution is 2.54. The summed E-state index contributed by atoms with van der Waals surface area (Å²) >= 11 is 6.11. The second-order valence-corrected chi connectivity index (χ2v) is 12.5. The van der Waals surface area contributed by atoms with E-state index in [9.17, 15) is 24.3 Å². The molecule has 4 aliphatic rings. The number of aliphatic hydroxyl groups is 1. The zero-order valence-corrected chi connectivity index (χ0v) is 25.8. The number of rotatable bonds is 4. The van der Waals surface area contributed by atoms with Gasteiger partial charge in [-0.3, -0.25) is 19.2 Å². The van der Waals surface area contributed by atoms with Crippen LogP contribution in [0.1, 0.15) is 38.4 Å². The van der Waals surface area contributed by atoms with E-state index in [4.69, 9.17) is 21.1 Å². The van der Waals surface area contributed by atoms with Crippen molar-refractivity contribution >= 4 is 41.0 Å². The quantitative estimate of drug-likeness (QED) is 0.391. The monoisotopic (exact) mass is 633 g/mol. The van der Waals surface area contributed by atoms with Gasteiger partial charge < -0.3 is 29.7 Å². The molecule has 3 amide bonds. The molecule has 4 heterocycles. The van der Waals surface area contributed by atoms with Crippen LogP contribution < -0.4 is 10.2 Å². The third kappa shape index (κ3) is 5.45. The smallest absolute Gasteiger partial charge is 0.313 e. The van der Waals surface area contributed by atoms with Gasteiger partial charge in [-0.2, -0.15) is 0 Å². The molecule has 0 aromatic heterocycles. The van der Waals surface area contributed by atoms with Crippen LogP contribution >= 0.6 is 11.6 Å². The van der Waals surface area contributed by atoms with Gasteiger partial charge in [-0.05, 0) is 50.1 Å². The number of fused-ring (bicyclic) bond motifs is 2. The van der Waals surface area contributed by atoms with Crippen molar-refractivity contribution in [1.82, 2.24) is 10.2 Å². The maximum atomic E-state index is 14.5. The predicted octanol–water partition coefficient (Wildman–Crippen LogP) is 3.34. The van der Waals surface area contributed by atoms with Crippen molar-refractivity contribution in [1.29, 1.82) is 0 Å². The van der Waals surface area contributed by atoms with Crippen LogP contribution in [0.4, 0.5) is 5.69 Å². The minimum atomic E-state index is -1.51. The van der Waals surface area contributed by atoms with Gasteiger partial charge in [0.1, 0.15) is 23.7 Å². The maximum absolute atomic E-state index is 14.5. The van der Waals surface area contributed by atoms with Crippen LogP contribution in [0.5, 0.6) is 0 Å². The second kappa shape index (κ2) is 12.4. The van der Waals surface area contributed by atoms with Crippen molar-refractivity contribution in [2.75, 3.05) is 18.1 Å². The SMILES string of the molecule is C[C@H](CO)N1C(=O)[C@@H]2[C@H]3C(=O)O[C@H](c4ccccc4)[C@@H](C)NC(=O)CC/C=C\[C@H]3O[C@@]23C=CCN(c2ccc(Cl)cc2)C(=O)[C@@H]13. The number of allylic oxidation sites excluding steroid dienone is 1. The molecular weight excluding hydrogens is 598 g/mol. The molecule has 10 nitrogen and oxygen atoms in total. The summed E-state index contributed by atoms with van der Waals surface area (Å²) < 4.78 is 12.9. The number of nitrogens with zero attached hydrogens (tertiary/aromatic N) is 2. The van der Waals surface area contributed by atoms with Crippen molar-refractivity contribution < 1.29 is 33.8 Å². The molecule has 2 fully saturated rings. The first-order valence-electron chi connectivity index (χ1n) is 15.2. The van der Waals surface area contributed by atoms with Crippen molar-refractivity contribution in [2.45, 2.75) is 62.6 Å². The number of carbonyl (C=O) groups excluding carboxylic acids is 4. The minimum absolute atomic E-state index is 0.187. The summed E-state index contributed by atoms with van der Waals surface area (Å²) in [4.78, 5) is 58.9. The average molecular weight is 634 g/mol. The Labute approximate surface area is 266 Å². The van der Waals surface area contributed by atoms with Crippen LogP contribution in [-0.4, -0.2) is 76.7 Å². The number of cyclic esters (lactones) is 1. The molecule has 0 unspecified atom stereocenters. The van der Waals surface area contributed by atoms with E-state index < -0.39 is 72.2 Å². The van der Waals surface area contributed by atoms with Gasteiger partial charge in [-0.25, -0.2) is 0 Å².